The van der Waals surface area contributed by atoms with Crippen molar-refractivity contribution in [3.05, 3.63) is 65.7 Å². The van der Waals surface area contributed by atoms with Gasteiger partial charge in [-0.2, -0.15) is 0 Å². The molecule has 7 heteroatoms. The Hall–Kier alpha value is -2.38. The molecule has 2 N–H and O–H groups in total. The monoisotopic (exact) mass is 384 g/mol. The standard InChI is InChI=1S/C19H20N4OS2/c1-13-7-6-10-16(11-13)21-17(24)14(2)25-19-23-22-18(26-19)20-12-15-8-4-3-5-9-15/h3-11,14H,12H2,1-2H3,(H,20,22)(H,21,24)/t14-/m1/s1. The second kappa shape index (κ2) is 8.82. The van der Waals surface area contributed by atoms with Gasteiger partial charge in [0.05, 0.1) is 5.25 Å². The molecular formula is C19H20N4OS2. The van der Waals surface area contributed by atoms with Gasteiger partial charge in [0.1, 0.15) is 0 Å². The highest BCUT2D eigenvalue weighted by atomic mass is 32.2. The SMILES string of the molecule is Cc1cccc(NC(=O)[C@@H](C)Sc2nnc(NCc3ccccc3)s2)c1. The van der Waals surface area contributed by atoms with Crippen LogP contribution < -0.4 is 10.6 Å². The molecule has 0 bridgehead atoms. The summed E-state index contributed by atoms with van der Waals surface area (Å²) in [6, 6.07) is 17.9. The first-order valence-electron chi connectivity index (χ1n) is 8.25. The zero-order valence-electron chi connectivity index (χ0n) is 14.6. The molecule has 3 rings (SSSR count). The maximum absolute atomic E-state index is 12.4. The van der Waals surface area contributed by atoms with E-state index in [4.69, 9.17) is 0 Å². The lowest BCUT2D eigenvalue weighted by molar-refractivity contribution is -0.115. The molecule has 0 radical (unpaired) electrons. The Balaban J connectivity index is 1.52. The lowest BCUT2D eigenvalue weighted by atomic mass is 10.2. The fraction of sp³-hybridized carbons (Fsp3) is 0.211. The van der Waals surface area contributed by atoms with E-state index in [0.29, 0.717) is 6.54 Å². The van der Waals surface area contributed by atoms with E-state index in [1.165, 1.54) is 28.7 Å². The smallest absolute Gasteiger partial charge is 0.237 e. The van der Waals surface area contributed by atoms with Gasteiger partial charge in [-0.25, -0.2) is 0 Å². The van der Waals surface area contributed by atoms with E-state index < -0.39 is 0 Å². The van der Waals surface area contributed by atoms with Gasteiger partial charge >= 0.3 is 0 Å². The first-order valence-corrected chi connectivity index (χ1v) is 9.95. The summed E-state index contributed by atoms with van der Waals surface area (Å²) >= 11 is 2.87. The van der Waals surface area contributed by atoms with E-state index in [-0.39, 0.29) is 11.2 Å². The minimum absolute atomic E-state index is 0.0467. The number of aromatic nitrogens is 2. The minimum atomic E-state index is -0.259. The molecular weight excluding hydrogens is 364 g/mol. The third-order valence-corrected chi connectivity index (χ3v) is 5.69. The molecule has 0 aliphatic rings. The summed E-state index contributed by atoms with van der Waals surface area (Å²) in [6.07, 6.45) is 0. The third-order valence-electron chi connectivity index (χ3n) is 3.63. The predicted octanol–water partition coefficient (Wildman–Crippen LogP) is 4.58. The van der Waals surface area contributed by atoms with E-state index in [2.05, 4.69) is 33.0 Å². The molecule has 26 heavy (non-hydrogen) atoms. The maximum atomic E-state index is 12.4. The van der Waals surface area contributed by atoms with E-state index in [0.717, 1.165) is 20.7 Å². The van der Waals surface area contributed by atoms with Crippen molar-refractivity contribution >= 4 is 39.8 Å². The van der Waals surface area contributed by atoms with E-state index in [9.17, 15) is 4.79 Å². The fourth-order valence-electron chi connectivity index (χ4n) is 2.27. The summed E-state index contributed by atoms with van der Waals surface area (Å²) in [5.74, 6) is -0.0467. The molecule has 1 amide bonds. The summed E-state index contributed by atoms with van der Waals surface area (Å²) < 4.78 is 0.771. The van der Waals surface area contributed by atoms with Crippen LogP contribution in [0.1, 0.15) is 18.1 Å². The van der Waals surface area contributed by atoms with Crippen molar-refractivity contribution in [1.29, 1.82) is 0 Å². The molecule has 1 atom stereocenters. The lowest BCUT2D eigenvalue weighted by Gasteiger charge is -2.10. The van der Waals surface area contributed by atoms with Crippen LogP contribution in [-0.2, 0) is 11.3 Å². The number of aryl methyl sites for hydroxylation is 1. The van der Waals surface area contributed by atoms with Crippen LogP contribution >= 0.6 is 23.1 Å². The zero-order valence-corrected chi connectivity index (χ0v) is 16.2. The summed E-state index contributed by atoms with van der Waals surface area (Å²) in [5, 5.41) is 15.0. The molecule has 134 valence electrons. The molecule has 0 fully saturated rings. The molecule has 3 aromatic rings. The van der Waals surface area contributed by atoms with E-state index in [1.807, 2.05) is 56.3 Å². The van der Waals surface area contributed by atoms with Crippen LogP contribution in [0.5, 0.6) is 0 Å². The molecule has 0 aliphatic heterocycles. The average molecular weight is 385 g/mol. The van der Waals surface area contributed by atoms with Crippen molar-refractivity contribution in [3.63, 3.8) is 0 Å². The summed E-state index contributed by atoms with van der Waals surface area (Å²) in [5.41, 5.74) is 3.11. The molecule has 0 unspecified atom stereocenters. The Morgan fingerprint density at radius 1 is 1.15 bits per heavy atom. The molecule has 2 aromatic carbocycles. The second-order valence-corrected chi connectivity index (χ2v) is 8.40. The highest BCUT2D eigenvalue weighted by molar-refractivity contribution is 8.02. The van der Waals surface area contributed by atoms with Gasteiger partial charge in [0.15, 0.2) is 4.34 Å². The number of anilines is 2. The normalized spacial score (nSPS) is 11.8. The summed E-state index contributed by atoms with van der Waals surface area (Å²) in [6.45, 7) is 4.57. The van der Waals surface area contributed by atoms with Gasteiger partial charge < -0.3 is 10.6 Å². The minimum Gasteiger partial charge on any atom is -0.356 e. The number of hydrogen-bond acceptors (Lipinski definition) is 6. The van der Waals surface area contributed by atoms with Crippen LogP contribution in [0.15, 0.2) is 58.9 Å². The Labute approximate surface area is 161 Å². The van der Waals surface area contributed by atoms with Gasteiger partial charge in [0.25, 0.3) is 0 Å². The molecule has 0 saturated heterocycles. The van der Waals surface area contributed by atoms with Crippen molar-refractivity contribution in [2.45, 2.75) is 30.0 Å². The highest BCUT2D eigenvalue weighted by Gasteiger charge is 2.17. The van der Waals surface area contributed by atoms with Crippen LogP contribution in [-0.4, -0.2) is 21.4 Å². The van der Waals surface area contributed by atoms with Crippen molar-refractivity contribution in [2.75, 3.05) is 10.6 Å². The van der Waals surface area contributed by atoms with Crippen molar-refractivity contribution in [1.82, 2.24) is 10.2 Å². The van der Waals surface area contributed by atoms with Crippen molar-refractivity contribution < 1.29 is 4.79 Å². The van der Waals surface area contributed by atoms with Gasteiger partial charge in [0, 0.05) is 12.2 Å². The zero-order chi connectivity index (χ0) is 18.4. The number of thioether (sulfide) groups is 1. The van der Waals surface area contributed by atoms with Crippen LogP contribution in [0.2, 0.25) is 0 Å². The van der Waals surface area contributed by atoms with Crippen LogP contribution in [0.3, 0.4) is 0 Å². The first-order chi connectivity index (χ1) is 12.6. The number of amides is 1. The average Bonchev–Trinajstić information content (AvgIpc) is 3.08. The highest BCUT2D eigenvalue weighted by Crippen LogP contribution is 2.29. The van der Waals surface area contributed by atoms with Crippen LogP contribution in [0, 0.1) is 6.92 Å². The lowest BCUT2D eigenvalue weighted by Crippen LogP contribution is -2.22. The van der Waals surface area contributed by atoms with Gasteiger partial charge in [-0.05, 0) is 37.1 Å². The van der Waals surface area contributed by atoms with Crippen molar-refractivity contribution in [3.8, 4) is 0 Å². The number of benzene rings is 2. The first kappa shape index (κ1) is 18.4. The van der Waals surface area contributed by atoms with Crippen LogP contribution in [0.4, 0.5) is 10.8 Å². The fourth-order valence-corrected chi connectivity index (χ4v) is 4.17. The molecule has 1 aromatic heterocycles. The van der Waals surface area contributed by atoms with Gasteiger partial charge in [0.2, 0.25) is 11.0 Å². The Bertz CT molecular complexity index is 867. The Kier molecular flexibility index (Phi) is 6.25. The number of carbonyl (C=O) groups excluding carboxylic acids is 1. The number of nitrogens with one attached hydrogen (secondary N) is 2. The molecule has 0 aliphatic carbocycles. The number of rotatable bonds is 7. The van der Waals surface area contributed by atoms with Crippen molar-refractivity contribution in [2.24, 2.45) is 0 Å². The number of hydrogen-bond donors (Lipinski definition) is 2. The summed E-state index contributed by atoms with van der Waals surface area (Å²) in [4.78, 5) is 12.4. The van der Waals surface area contributed by atoms with Gasteiger partial charge in [-0.15, -0.1) is 10.2 Å². The van der Waals surface area contributed by atoms with Gasteiger partial charge in [-0.3, -0.25) is 4.79 Å². The molecule has 0 spiro atoms. The maximum Gasteiger partial charge on any atom is 0.237 e. The quantitative estimate of drug-likeness (QED) is 0.584. The molecule has 1 heterocycles. The predicted molar refractivity (Wildman–Crippen MR) is 109 cm³/mol. The molecule has 0 saturated carbocycles. The van der Waals surface area contributed by atoms with E-state index in [1.54, 1.807) is 0 Å². The Morgan fingerprint density at radius 2 is 1.96 bits per heavy atom. The van der Waals surface area contributed by atoms with Crippen LogP contribution in [0.25, 0.3) is 0 Å². The second-order valence-electron chi connectivity index (χ2n) is 5.83. The topological polar surface area (TPSA) is 66.9 Å². The van der Waals surface area contributed by atoms with Gasteiger partial charge in [-0.1, -0.05) is 65.6 Å². The summed E-state index contributed by atoms with van der Waals surface area (Å²) in [7, 11) is 0. The molecule has 5 nitrogen and oxygen atoms in total. The Morgan fingerprint density at radius 3 is 2.73 bits per heavy atom. The third kappa shape index (κ3) is 5.31. The number of nitrogens with zero attached hydrogens (tertiary/aromatic N) is 2. The largest absolute Gasteiger partial charge is 0.356 e. The van der Waals surface area contributed by atoms with E-state index >= 15 is 0 Å². The number of carbonyl (C=O) groups is 1.